The van der Waals surface area contributed by atoms with E-state index in [1.54, 1.807) is 0 Å². The number of likely N-dealkylation sites (N-methyl/N-ethyl adjacent to an activating group) is 1. The molecular formula is C15H26N2. The molecule has 4 rings (SSSR count). The smallest absolute Gasteiger partial charge is 0.0365 e. The van der Waals surface area contributed by atoms with E-state index in [1.807, 2.05) is 0 Å². The van der Waals surface area contributed by atoms with Crippen LogP contribution >= 0.6 is 0 Å². The molecule has 4 aliphatic heterocycles. The zero-order chi connectivity index (χ0) is 11.5. The Morgan fingerprint density at radius 1 is 1.00 bits per heavy atom. The molecule has 0 aliphatic carbocycles. The van der Waals surface area contributed by atoms with Crippen LogP contribution < -0.4 is 0 Å². The van der Waals surface area contributed by atoms with Crippen LogP contribution in [-0.2, 0) is 0 Å². The second-order valence-electron chi connectivity index (χ2n) is 7.04. The number of piperidine rings is 2. The molecule has 4 aliphatic rings. The number of fused-ring (bicyclic) bond motifs is 4. The Morgan fingerprint density at radius 2 is 1.94 bits per heavy atom. The third-order valence-corrected chi connectivity index (χ3v) is 6.53. The maximum Gasteiger partial charge on any atom is 0.0365 e. The number of hydrogen-bond donors (Lipinski definition) is 0. The Balaban J connectivity index is 1.64. The molecule has 3 unspecified atom stereocenters. The van der Waals surface area contributed by atoms with Gasteiger partial charge in [0.05, 0.1) is 0 Å². The van der Waals surface area contributed by atoms with Gasteiger partial charge in [-0.05, 0) is 70.9 Å². The van der Waals surface area contributed by atoms with Gasteiger partial charge >= 0.3 is 0 Å². The number of nitrogens with zero attached hydrogens (tertiary/aromatic N) is 2. The molecule has 2 heteroatoms. The van der Waals surface area contributed by atoms with Crippen molar-refractivity contribution in [3.8, 4) is 0 Å². The zero-order valence-electron chi connectivity index (χ0n) is 11.2. The van der Waals surface area contributed by atoms with Crippen LogP contribution in [0, 0.1) is 5.92 Å². The van der Waals surface area contributed by atoms with Crippen LogP contribution in [-0.4, -0.2) is 47.6 Å². The molecule has 4 bridgehead atoms. The molecule has 17 heavy (non-hydrogen) atoms. The molecule has 4 saturated heterocycles. The maximum absolute atomic E-state index is 2.86. The van der Waals surface area contributed by atoms with Gasteiger partial charge in [0.25, 0.3) is 0 Å². The van der Waals surface area contributed by atoms with E-state index >= 15 is 0 Å². The van der Waals surface area contributed by atoms with E-state index in [4.69, 9.17) is 0 Å². The number of rotatable bonds is 1. The molecule has 0 aromatic rings. The van der Waals surface area contributed by atoms with Crippen LogP contribution in [0.1, 0.15) is 51.4 Å². The average molecular weight is 234 g/mol. The third kappa shape index (κ3) is 1.40. The number of hydrogen-bond acceptors (Lipinski definition) is 2. The van der Waals surface area contributed by atoms with E-state index in [1.165, 1.54) is 64.5 Å². The monoisotopic (exact) mass is 234 g/mol. The van der Waals surface area contributed by atoms with E-state index in [0.717, 1.165) is 18.0 Å². The van der Waals surface area contributed by atoms with Gasteiger partial charge in [-0.15, -0.1) is 0 Å². The van der Waals surface area contributed by atoms with Gasteiger partial charge in [-0.1, -0.05) is 0 Å². The lowest BCUT2D eigenvalue weighted by molar-refractivity contribution is -0.0135. The fourth-order valence-electron chi connectivity index (χ4n) is 5.57. The van der Waals surface area contributed by atoms with Crippen molar-refractivity contribution in [1.29, 1.82) is 0 Å². The van der Waals surface area contributed by atoms with Crippen molar-refractivity contribution in [3.05, 3.63) is 0 Å². The van der Waals surface area contributed by atoms with E-state index in [0.29, 0.717) is 5.54 Å². The van der Waals surface area contributed by atoms with Crippen molar-refractivity contribution in [2.24, 2.45) is 5.92 Å². The van der Waals surface area contributed by atoms with E-state index in [9.17, 15) is 0 Å². The van der Waals surface area contributed by atoms with Crippen LogP contribution in [0.2, 0.25) is 0 Å². The minimum Gasteiger partial charge on any atom is -0.298 e. The summed E-state index contributed by atoms with van der Waals surface area (Å²) in [5.41, 5.74) is 0.582. The minimum absolute atomic E-state index is 0.582. The van der Waals surface area contributed by atoms with Crippen molar-refractivity contribution in [2.75, 3.05) is 20.1 Å². The largest absolute Gasteiger partial charge is 0.298 e. The lowest BCUT2D eigenvalue weighted by Crippen LogP contribution is -2.61. The Labute approximate surface area is 105 Å². The third-order valence-electron chi connectivity index (χ3n) is 6.53. The lowest BCUT2D eigenvalue weighted by atomic mass is 9.77. The first kappa shape index (κ1) is 10.8. The highest BCUT2D eigenvalue weighted by Gasteiger charge is 2.54. The van der Waals surface area contributed by atoms with Gasteiger partial charge in [-0.2, -0.15) is 0 Å². The molecule has 5 atom stereocenters. The van der Waals surface area contributed by atoms with Crippen molar-refractivity contribution < 1.29 is 0 Å². The molecule has 0 amide bonds. The van der Waals surface area contributed by atoms with E-state index in [-0.39, 0.29) is 0 Å². The fourth-order valence-corrected chi connectivity index (χ4v) is 5.57. The van der Waals surface area contributed by atoms with Gasteiger partial charge < -0.3 is 0 Å². The summed E-state index contributed by atoms with van der Waals surface area (Å²) in [6, 6.07) is 1.82. The summed E-state index contributed by atoms with van der Waals surface area (Å²) in [5.74, 6) is 1.05. The van der Waals surface area contributed by atoms with Gasteiger partial charge in [0.15, 0.2) is 0 Å². The molecule has 2 nitrogen and oxygen atoms in total. The van der Waals surface area contributed by atoms with Gasteiger partial charge in [0, 0.05) is 24.2 Å². The standard InChI is InChI=1S/C15H26N2/c1-16-13-3-2-8-15(16,9-6-13)14-5-4-12-7-10-17(14)11-12/h12-14H,2-11H2,1H3/t12?,13-,14?,15+/m1/s1. The van der Waals surface area contributed by atoms with Crippen molar-refractivity contribution in [2.45, 2.75) is 69.0 Å². The summed E-state index contributed by atoms with van der Waals surface area (Å²) in [4.78, 5) is 5.66. The fraction of sp³-hybridized carbons (Fsp3) is 1.00. The van der Waals surface area contributed by atoms with E-state index in [2.05, 4.69) is 16.8 Å². The van der Waals surface area contributed by atoms with Crippen LogP contribution in [0.5, 0.6) is 0 Å². The average Bonchev–Trinajstić information content (AvgIpc) is 2.76. The molecule has 0 aromatic heterocycles. The predicted molar refractivity (Wildman–Crippen MR) is 70.1 cm³/mol. The molecule has 0 N–H and O–H groups in total. The van der Waals surface area contributed by atoms with Crippen LogP contribution in [0.25, 0.3) is 0 Å². The van der Waals surface area contributed by atoms with Gasteiger partial charge in [-0.25, -0.2) is 0 Å². The second-order valence-corrected chi connectivity index (χ2v) is 7.04. The van der Waals surface area contributed by atoms with Gasteiger partial charge in [-0.3, -0.25) is 9.80 Å². The normalized spacial score (nSPS) is 54.2. The molecule has 4 fully saturated rings. The van der Waals surface area contributed by atoms with Crippen molar-refractivity contribution >= 4 is 0 Å². The van der Waals surface area contributed by atoms with Crippen molar-refractivity contribution in [3.63, 3.8) is 0 Å². The molecule has 0 aromatic carbocycles. The van der Waals surface area contributed by atoms with Gasteiger partial charge in [0.1, 0.15) is 0 Å². The van der Waals surface area contributed by atoms with Crippen LogP contribution in [0.15, 0.2) is 0 Å². The highest BCUT2D eigenvalue weighted by Crippen LogP contribution is 2.49. The minimum atomic E-state index is 0.582. The Kier molecular flexibility index (Phi) is 2.36. The highest BCUT2D eigenvalue weighted by atomic mass is 15.3. The zero-order valence-corrected chi connectivity index (χ0v) is 11.2. The lowest BCUT2D eigenvalue weighted by Gasteiger charge is -2.52. The van der Waals surface area contributed by atoms with Crippen LogP contribution in [0.4, 0.5) is 0 Å². The molecule has 4 heterocycles. The van der Waals surface area contributed by atoms with E-state index < -0.39 is 0 Å². The summed E-state index contributed by atoms with van der Waals surface area (Å²) < 4.78 is 0. The topological polar surface area (TPSA) is 6.48 Å². The quantitative estimate of drug-likeness (QED) is 0.688. The first-order valence-corrected chi connectivity index (χ1v) is 7.76. The Hall–Kier alpha value is -0.0800. The molecule has 96 valence electrons. The molecule has 0 spiro atoms. The predicted octanol–water partition coefficient (Wildman–Crippen LogP) is 2.49. The Morgan fingerprint density at radius 3 is 2.88 bits per heavy atom. The summed E-state index contributed by atoms with van der Waals surface area (Å²) >= 11 is 0. The van der Waals surface area contributed by atoms with Crippen molar-refractivity contribution in [1.82, 2.24) is 9.80 Å². The van der Waals surface area contributed by atoms with Crippen LogP contribution in [0.3, 0.4) is 0 Å². The SMILES string of the molecule is CN1[C@@H]2CCC[C@@]1(C1CCC3CCN1C3)CC2. The maximum atomic E-state index is 2.86. The highest BCUT2D eigenvalue weighted by molar-refractivity contribution is 5.11. The first-order chi connectivity index (χ1) is 8.29. The molecule has 0 saturated carbocycles. The van der Waals surface area contributed by atoms with Gasteiger partial charge in [0.2, 0.25) is 0 Å². The molecular weight excluding hydrogens is 208 g/mol. The second kappa shape index (κ2) is 3.71. The summed E-state index contributed by atoms with van der Waals surface area (Å²) in [6.45, 7) is 2.82. The Bertz CT molecular complexity index is 312. The first-order valence-electron chi connectivity index (χ1n) is 7.76. The summed E-state index contributed by atoms with van der Waals surface area (Å²) in [7, 11) is 2.43. The summed E-state index contributed by atoms with van der Waals surface area (Å²) in [6.07, 6.45) is 11.9. The molecule has 0 radical (unpaired) electrons. The summed E-state index contributed by atoms with van der Waals surface area (Å²) in [5, 5.41) is 0.